The van der Waals surface area contributed by atoms with E-state index in [1.807, 2.05) is 127 Å². The van der Waals surface area contributed by atoms with E-state index in [4.69, 9.17) is 0 Å². The normalized spacial score (nSPS) is 14.9. The molecule has 11 aromatic heterocycles. The number of H-pyrrole nitrogens is 4. The second-order valence-electron chi connectivity index (χ2n) is 35.3. The number of amides is 5. The first-order valence-electron chi connectivity index (χ1n) is 46.7. The van der Waals surface area contributed by atoms with Crippen molar-refractivity contribution in [1.82, 2.24) is 105 Å². The lowest BCUT2D eigenvalue weighted by Crippen LogP contribution is -2.29. The summed E-state index contributed by atoms with van der Waals surface area (Å²) in [5.74, 6) is -0.709. The Balaban J connectivity index is 0.000000121. The van der Waals surface area contributed by atoms with E-state index < -0.39 is 0 Å². The molecule has 5 aliphatic rings. The Kier molecular flexibility index (Phi) is 28.9. The lowest BCUT2D eigenvalue weighted by molar-refractivity contribution is 0.0786. The summed E-state index contributed by atoms with van der Waals surface area (Å²) < 4.78 is 0. The quantitative estimate of drug-likeness (QED) is 0.0225. The molecule has 0 spiro atoms. The first kappa shape index (κ1) is 91.1. The number of rotatable bonds is 22. The number of aromatic amines is 4. The number of carbonyl (C=O) groups excluding carboxylic acids is 6. The molecule has 32 heteroatoms. The van der Waals surface area contributed by atoms with Crippen LogP contribution in [0.15, 0.2) is 220 Å². The molecule has 0 unspecified atom stereocenters. The Morgan fingerprint density at radius 2 is 0.588 bits per heavy atom. The number of anilines is 4. The number of nitrogens with one attached hydrogen (secondary N) is 8. The molecule has 136 heavy (non-hydrogen) atoms. The van der Waals surface area contributed by atoms with Gasteiger partial charge in [0.15, 0.2) is 28.6 Å². The number of benzene rings is 5. The highest BCUT2D eigenvalue weighted by molar-refractivity contribution is 6.15. The summed E-state index contributed by atoms with van der Waals surface area (Å²) in [5, 5.41) is 52.4. The second kappa shape index (κ2) is 43.1. The Morgan fingerprint density at radius 3 is 0.897 bits per heavy atom. The van der Waals surface area contributed by atoms with Gasteiger partial charge in [0, 0.05) is 145 Å². The van der Waals surface area contributed by atoms with Gasteiger partial charge in [0.1, 0.15) is 23.0 Å². The van der Waals surface area contributed by atoms with Crippen molar-refractivity contribution in [2.24, 2.45) is 0 Å². The highest BCUT2D eigenvalue weighted by Gasteiger charge is 2.26. The van der Waals surface area contributed by atoms with Gasteiger partial charge in [0.2, 0.25) is 0 Å². The van der Waals surface area contributed by atoms with Crippen LogP contribution in [0.25, 0.3) is 88.1 Å². The van der Waals surface area contributed by atoms with E-state index in [2.05, 4.69) is 146 Å². The molecule has 9 N–H and O–H groups in total. The minimum Gasteiger partial charge on any atom is -0.508 e. The van der Waals surface area contributed by atoms with Crippen LogP contribution in [0.4, 0.5) is 22.7 Å². The SMILES string of the molecule is CC(=O)c1ccc(NC(=O)c2n[nH]c3ccc(-c4cncc(CN5CCCCC5)c4)cc23)cn1.Cc1ncc(NC(=O)c2n[nH]c3ccc(-c4cncc(CN5CCCCC5)c4)cc23)cn1.O=C(Nc1ccc(C(=O)N2CCCC2)nc1)c1n[nH]c2ccc(-c3cncc(CN4CCCCC4)c3)cc12.O=C(Nc1ccc(O)cc1)c1n[nH]c2ccc(-c3cncc(CN4CCCCC4)c3)cc12. The first-order valence-corrected chi connectivity index (χ1v) is 46.7. The Hall–Kier alpha value is -15.4. The average molecular weight is 1820 g/mol. The molecule has 690 valence electrons. The third-order valence-corrected chi connectivity index (χ3v) is 25.2. The number of aromatic hydroxyl groups is 1. The smallest absolute Gasteiger partial charge is 0.276 e. The number of pyridine rings is 6. The number of Topliss-reactive ketones (excluding diaryl/α,β-unsaturated/α-hetero) is 1. The van der Waals surface area contributed by atoms with Crippen molar-refractivity contribution < 1.29 is 33.9 Å². The van der Waals surface area contributed by atoms with Gasteiger partial charge in [0.05, 0.1) is 63.9 Å². The van der Waals surface area contributed by atoms with E-state index in [-0.39, 0.29) is 41.1 Å². The number of aryl methyl sites for hydroxylation is 1. The second-order valence-corrected chi connectivity index (χ2v) is 35.3. The summed E-state index contributed by atoms with van der Waals surface area (Å²) in [6.07, 6.45) is 38.7. The van der Waals surface area contributed by atoms with Gasteiger partial charge in [-0.1, -0.05) is 49.9 Å². The van der Waals surface area contributed by atoms with Crippen molar-refractivity contribution in [3.05, 3.63) is 282 Å². The molecule has 21 rings (SSSR count). The number of aromatic nitrogens is 16. The molecule has 5 saturated heterocycles. The van der Waals surface area contributed by atoms with Crippen LogP contribution in [0.1, 0.15) is 188 Å². The largest absolute Gasteiger partial charge is 0.508 e. The lowest BCUT2D eigenvalue weighted by Gasteiger charge is -2.26. The maximum absolute atomic E-state index is 13.1. The van der Waals surface area contributed by atoms with Crippen LogP contribution in [0.5, 0.6) is 5.75 Å². The minimum atomic E-state index is -0.349. The molecule has 5 aliphatic heterocycles. The van der Waals surface area contributed by atoms with Crippen LogP contribution in [0.2, 0.25) is 0 Å². The van der Waals surface area contributed by atoms with E-state index in [1.165, 1.54) is 131 Å². The summed E-state index contributed by atoms with van der Waals surface area (Å²) in [6.45, 7) is 17.5. The van der Waals surface area contributed by atoms with E-state index >= 15 is 0 Å². The van der Waals surface area contributed by atoms with Crippen molar-refractivity contribution in [3.8, 4) is 50.3 Å². The topological polar surface area (TPSA) is 405 Å². The number of piperidine rings is 4. The average Bonchev–Trinajstić information content (AvgIpc) is 1.65. The third kappa shape index (κ3) is 22.9. The number of hydrogen-bond acceptors (Lipinski definition) is 23. The molecular formula is C104H107N25O7. The highest BCUT2D eigenvalue weighted by atomic mass is 16.3. The number of hydrogen-bond donors (Lipinski definition) is 9. The Bertz CT molecular complexity index is 6730. The van der Waals surface area contributed by atoms with Crippen molar-refractivity contribution in [2.45, 2.75) is 130 Å². The predicted molar refractivity (Wildman–Crippen MR) is 524 cm³/mol. The number of phenols is 1. The molecule has 0 saturated carbocycles. The van der Waals surface area contributed by atoms with Gasteiger partial charge >= 0.3 is 0 Å². The number of fused-ring (bicyclic) bond motifs is 4. The summed E-state index contributed by atoms with van der Waals surface area (Å²) in [7, 11) is 0. The van der Waals surface area contributed by atoms with Crippen LogP contribution in [0, 0.1) is 6.92 Å². The van der Waals surface area contributed by atoms with Gasteiger partial charge in [-0.25, -0.2) is 15.0 Å². The Morgan fingerprint density at radius 1 is 0.301 bits per heavy atom. The van der Waals surface area contributed by atoms with E-state index in [1.54, 1.807) is 55.7 Å². The number of likely N-dealkylation sites (tertiary alicyclic amines) is 5. The molecule has 0 atom stereocenters. The van der Waals surface area contributed by atoms with Crippen molar-refractivity contribution in [3.63, 3.8) is 0 Å². The van der Waals surface area contributed by atoms with Gasteiger partial charge in [-0.3, -0.25) is 93.7 Å². The number of ketones is 1. The van der Waals surface area contributed by atoms with Crippen molar-refractivity contribution >= 4 is 102 Å². The summed E-state index contributed by atoms with van der Waals surface area (Å²) >= 11 is 0. The van der Waals surface area contributed by atoms with Crippen LogP contribution in [-0.4, -0.2) is 211 Å². The minimum absolute atomic E-state index is 0.0688. The van der Waals surface area contributed by atoms with Gasteiger partial charge in [-0.2, -0.15) is 20.4 Å². The number of nitrogens with zero attached hydrogens (tertiary/aromatic N) is 17. The lowest BCUT2D eigenvalue weighted by atomic mass is 10.0. The monoisotopic (exact) mass is 1820 g/mol. The van der Waals surface area contributed by atoms with Crippen LogP contribution < -0.4 is 21.3 Å². The van der Waals surface area contributed by atoms with E-state index in [0.29, 0.717) is 62.7 Å². The molecule has 0 bridgehead atoms. The van der Waals surface area contributed by atoms with Crippen LogP contribution in [0.3, 0.4) is 0 Å². The van der Waals surface area contributed by atoms with Crippen molar-refractivity contribution in [1.29, 1.82) is 0 Å². The van der Waals surface area contributed by atoms with E-state index in [9.17, 15) is 33.9 Å². The highest BCUT2D eigenvalue weighted by Crippen LogP contribution is 2.34. The zero-order chi connectivity index (χ0) is 93.2. The predicted octanol–water partition coefficient (Wildman–Crippen LogP) is 17.5. The standard InChI is InChI=1S/C29H31N7O2.C26H26N6O2.C25H25N5O2.C24H25N7O/c37-28(32-23-7-9-26(31-18-23)29(38)36-12-4-5-13-36)27-24-15-21(6-8-25(24)33-34-27)22-14-20(16-30-17-22)19-35-10-2-1-3-11-35;1-17(33)23-8-6-21(15-28-23)29-26(34)25-22-12-19(5-7-24(22)30-31-25)20-11-18(13-27-14-20)16-32-9-3-2-4-10-32;31-21-7-5-20(6-8-21)27-25(32)24-22-13-18(4-9-23(22)28-29-24)19-12-17(14-26-15-19)16-30-10-2-1-3-11-30;1-16-26-13-20(14-27-16)28-24(32)23-21-10-18(5-6-22(21)29-30-23)19-9-17(11-25-12-19)15-31-7-3-2-4-8-31/h6-9,14-18H,1-5,10-13,19H2,(H,32,37)(H,33,34);5-8,11-15H,2-4,9-10,16H2,1H3,(H,29,34)(H,30,31);4-9,12-15,31H,1-3,10-11,16H2,(H,27,32)(H,28,29);5-6,9-14H,2-4,7-8,15H2,1H3,(H,28,32)(H,29,30). The molecule has 32 nitrogen and oxygen atoms in total. The van der Waals surface area contributed by atoms with E-state index in [0.717, 1.165) is 193 Å². The molecule has 5 amide bonds. The first-order chi connectivity index (χ1) is 66.5. The number of carbonyl (C=O) groups is 6. The molecule has 16 aromatic rings. The zero-order valence-electron chi connectivity index (χ0n) is 76.1. The van der Waals surface area contributed by atoms with Gasteiger partial charge < -0.3 is 31.3 Å². The fourth-order valence-corrected chi connectivity index (χ4v) is 18.0. The number of phenolic OH excluding ortho intramolecular Hbond substituents is 1. The zero-order valence-corrected chi connectivity index (χ0v) is 76.1. The van der Waals surface area contributed by atoms with Gasteiger partial charge in [-0.15, -0.1) is 0 Å². The molecule has 16 heterocycles. The van der Waals surface area contributed by atoms with Crippen molar-refractivity contribution in [2.75, 3.05) is 86.7 Å². The molecule has 0 aliphatic carbocycles. The maximum Gasteiger partial charge on any atom is 0.276 e. The molecular weight excluding hydrogens is 1710 g/mol. The maximum atomic E-state index is 13.1. The fraction of sp³-hybridized carbons (Fsp3) is 0.288. The van der Waals surface area contributed by atoms with Gasteiger partial charge in [-0.05, 0) is 289 Å². The molecule has 0 radical (unpaired) electrons. The summed E-state index contributed by atoms with van der Waals surface area (Å²) in [4.78, 5) is 122. The summed E-state index contributed by atoms with van der Waals surface area (Å²) in [5.41, 5.74) is 20.1. The Labute approximate surface area is 785 Å². The fourth-order valence-electron chi connectivity index (χ4n) is 18.0. The molecule has 5 aromatic carbocycles. The van der Waals surface area contributed by atoms with Crippen LogP contribution >= 0.6 is 0 Å². The third-order valence-electron chi connectivity index (χ3n) is 25.2. The van der Waals surface area contributed by atoms with Crippen LogP contribution in [-0.2, 0) is 26.2 Å². The molecule has 5 fully saturated rings. The summed E-state index contributed by atoms with van der Waals surface area (Å²) in [6, 6.07) is 45.4. The van der Waals surface area contributed by atoms with Gasteiger partial charge in [0.25, 0.3) is 29.5 Å².